The molecule has 1 aromatic heterocycles. The first kappa shape index (κ1) is 13.5. The van der Waals surface area contributed by atoms with Crippen LogP contribution in [0.3, 0.4) is 0 Å². The molecule has 104 valence electrons. The summed E-state index contributed by atoms with van der Waals surface area (Å²) in [6.07, 6.45) is 4.34. The van der Waals surface area contributed by atoms with E-state index in [2.05, 4.69) is 32.8 Å². The topological polar surface area (TPSA) is 46.1 Å². The van der Waals surface area contributed by atoms with E-state index in [0.29, 0.717) is 16.3 Å². The molecule has 2 aromatic rings. The number of benzene rings is 1. The number of hydrogen-bond acceptors (Lipinski definition) is 3. The molecule has 1 fully saturated rings. The van der Waals surface area contributed by atoms with Crippen molar-refractivity contribution >= 4 is 32.9 Å². The summed E-state index contributed by atoms with van der Waals surface area (Å²) >= 11 is 3.66. The van der Waals surface area contributed by atoms with E-state index in [1.54, 1.807) is 12.4 Å². The Morgan fingerprint density at radius 3 is 2.80 bits per heavy atom. The lowest BCUT2D eigenvalue weighted by atomic mass is 9.98. The maximum absolute atomic E-state index is 12.6. The summed E-state index contributed by atoms with van der Waals surface area (Å²) in [6.45, 7) is 3.80. The second-order valence-electron chi connectivity index (χ2n) is 5.29. The Morgan fingerprint density at radius 2 is 2.05 bits per heavy atom. The fraction of sp³-hybridized carbons (Fsp3) is 0.400. The van der Waals surface area contributed by atoms with E-state index in [1.807, 2.05) is 23.1 Å². The van der Waals surface area contributed by atoms with Crippen molar-refractivity contribution in [1.82, 2.24) is 14.9 Å². The van der Waals surface area contributed by atoms with Crippen LogP contribution in [0.1, 0.15) is 23.7 Å². The minimum atomic E-state index is 0.0777. The fourth-order valence-corrected chi connectivity index (χ4v) is 3.10. The number of amides is 1. The van der Waals surface area contributed by atoms with Crippen molar-refractivity contribution in [2.24, 2.45) is 5.92 Å². The van der Waals surface area contributed by atoms with Crippen LogP contribution in [-0.2, 0) is 0 Å². The highest BCUT2D eigenvalue weighted by atomic mass is 79.9. The molecule has 1 saturated heterocycles. The minimum Gasteiger partial charge on any atom is -0.338 e. The summed E-state index contributed by atoms with van der Waals surface area (Å²) in [4.78, 5) is 23.3. The monoisotopic (exact) mass is 333 g/mol. The van der Waals surface area contributed by atoms with E-state index < -0.39 is 0 Å². The van der Waals surface area contributed by atoms with Crippen molar-refractivity contribution in [3.8, 4) is 0 Å². The van der Waals surface area contributed by atoms with Gasteiger partial charge in [-0.1, -0.05) is 22.9 Å². The minimum absolute atomic E-state index is 0.0777. The van der Waals surface area contributed by atoms with Crippen LogP contribution in [-0.4, -0.2) is 38.7 Å². The molecule has 0 spiro atoms. The zero-order chi connectivity index (χ0) is 14.1. The second-order valence-corrected chi connectivity index (χ2v) is 6.47. The first-order chi connectivity index (χ1) is 9.65. The van der Waals surface area contributed by atoms with Crippen molar-refractivity contribution in [1.29, 1.82) is 0 Å². The van der Waals surface area contributed by atoms with Crippen LogP contribution in [0.25, 0.3) is 11.0 Å². The Labute approximate surface area is 126 Å². The van der Waals surface area contributed by atoms with E-state index in [4.69, 9.17) is 0 Å². The number of nitrogens with zero attached hydrogens (tertiary/aromatic N) is 3. The number of piperidine rings is 1. The number of rotatable bonds is 1. The van der Waals surface area contributed by atoms with Gasteiger partial charge >= 0.3 is 0 Å². The normalized spacial score (nSPS) is 23.0. The molecule has 0 bridgehead atoms. The predicted octanol–water partition coefficient (Wildman–Crippen LogP) is 2.88. The number of likely N-dealkylation sites (tertiary alicyclic amines) is 1. The summed E-state index contributed by atoms with van der Waals surface area (Å²) in [5.41, 5.74) is 2.26. The smallest absolute Gasteiger partial charge is 0.253 e. The molecule has 0 N–H and O–H groups in total. The average Bonchev–Trinajstić information content (AvgIpc) is 2.49. The van der Waals surface area contributed by atoms with Gasteiger partial charge in [0.1, 0.15) is 0 Å². The molecule has 1 aromatic carbocycles. The Kier molecular flexibility index (Phi) is 3.70. The van der Waals surface area contributed by atoms with Gasteiger partial charge in [0.2, 0.25) is 0 Å². The van der Waals surface area contributed by atoms with Crippen molar-refractivity contribution in [3.63, 3.8) is 0 Å². The SMILES string of the molecule is CC1CCN(C(=O)c2ccc3nccnc3c2)CC1Br. The lowest BCUT2D eigenvalue weighted by molar-refractivity contribution is 0.0706. The Bertz CT molecular complexity index is 646. The van der Waals surface area contributed by atoms with Crippen molar-refractivity contribution < 1.29 is 4.79 Å². The third-order valence-electron chi connectivity index (χ3n) is 3.87. The summed E-state index contributed by atoms with van der Waals surface area (Å²) in [7, 11) is 0. The molecule has 4 nitrogen and oxygen atoms in total. The number of carbonyl (C=O) groups excluding carboxylic acids is 1. The molecule has 1 amide bonds. The van der Waals surface area contributed by atoms with E-state index in [0.717, 1.165) is 30.5 Å². The largest absolute Gasteiger partial charge is 0.338 e. The predicted molar refractivity (Wildman–Crippen MR) is 81.9 cm³/mol. The molecule has 20 heavy (non-hydrogen) atoms. The highest BCUT2D eigenvalue weighted by Gasteiger charge is 2.27. The van der Waals surface area contributed by atoms with Crippen LogP contribution in [0.2, 0.25) is 0 Å². The van der Waals surface area contributed by atoms with Crippen LogP contribution in [0.5, 0.6) is 0 Å². The van der Waals surface area contributed by atoms with Gasteiger partial charge in [0.05, 0.1) is 11.0 Å². The molecule has 2 unspecified atom stereocenters. The number of fused-ring (bicyclic) bond motifs is 1. The summed E-state index contributed by atoms with van der Waals surface area (Å²) in [5.74, 6) is 0.690. The molecule has 1 aliphatic heterocycles. The molecule has 2 atom stereocenters. The third kappa shape index (κ3) is 2.54. The third-order valence-corrected chi connectivity index (χ3v) is 5.06. The molecule has 1 aliphatic rings. The molecule has 2 heterocycles. The standard InChI is InChI=1S/C15H16BrN3O/c1-10-4-7-19(9-12(10)16)15(20)11-2-3-13-14(8-11)18-6-5-17-13/h2-3,5-6,8,10,12H,4,7,9H2,1H3. The summed E-state index contributed by atoms with van der Waals surface area (Å²) in [6, 6.07) is 5.51. The molecule has 5 heteroatoms. The van der Waals surface area contributed by atoms with Gasteiger partial charge in [-0.25, -0.2) is 0 Å². The van der Waals surface area contributed by atoms with E-state index in [-0.39, 0.29) is 5.91 Å². The van der Waals surface area contributed by atoms with E-state index in [9.17, 15) is 4.79 Å². The van der Waals surface area contributed by atoms with Crippen molar-refractivity contribution in [2.75, 3.05) is 13.1 Å². The lowest BCUT2D eigenvalue weighted by Gasteiger charge is -2.34. The Balaban J connectivity index is 1.85. The van der Waals surface area contributed by atoms with Crippen LogP contribution in [0.4, 0.5) is 0 Å². The van der Waals surface area contributed by atoms with Gasteiger partial charge in [-0.05, 0) is 30.5 Å². The number of halogens is 1. The van der Waals surface area contributed by atoms with Gasteiger partial charge in [0, 0.05) is 35.9 Å². The summed E-state index contributed by atoms with van der Waals surface area (Å²) in [5, 5.41) is 0. The number of aromatic nitrogens is 2. The molecular weight excluding hydrogens is 318 g/mol. The number of carbonyl (C=O) groups is 1. The van der Waals surface area contributed by atoms with Crippen molar-refractivity contribution in [3.05, 3.63) is 36.2 Å². The molecule has 0 radical (unpaired) electrons. The zero-order valence-electron chi connectivity index (χ0n) is 11.3. The maximum Gasteiger partial charge on any atom is 0.253 e. The number of alkyl halides is 1. The van der Waals surface area contributed by atoms with Crippen LogP contribution < -0.4 is 0 Å². The maximum atomic E-state index is 12.6. The second kappa shape index (κ2) is 5.48. The van der Waals surface area contributed by atoms with Gasteiger partial charge in [0.25, 0.3) is 5.91 Å². The van der Waals surface area contributed by atoms with Gasteiger partial charge < -0.3 is 4.90 Å². The average molecular weight is 334 g/mol. The number of hydrogen-bond donors (Lipinski definition) is 0. The fourth-order valence-electron chi connectivity index (χ4n) is 2.49. The highest BCUT2D eigenvalue weighted by Crippen LogP contribution is 2.24. The van der Waals surface area contributed by atoms with Gasteiger partial charge in [-0.2, -0.15) is 0 Å². The Morgan fingerprint density at radius 1 is 1.30 bits per heavy atom. The molecular formula is C15H16BrN3O. The quantitative estimate of drug-likeness (QED) is 0.754. The van der Waals surface area contributed by atoms with Crippen molar-refractivity contribution in [2.45, 2.75) is 18.2 Å². The van der Waals surface area contributed by atoms with E-state index in [1.165, 1.54) is 0 Å². The van der Waals surface area contributed by atoms with Crippen LogP contribution in [0, 0.1) is 5.92 Å². The summed E-state index contributed by atoms with van der Waals surface area (Å²) < 4.78 is 0. The van der Waals surface area contributed by atoms with Gasteiger partial charge in [0.15, 0.2) is 0 Å². The van der Waals surface area contributed by atoms with Gasteiger partial charge in [-0.15, -0.1) is 0 Å². The lowest BCUT2D eigenvalue weighted by Crippen LogP contribution is -2.43. The Hall–Kier alpha value is -1.49. The van der Waals surface area contributed by atoms with Crippen LogP contribution >= 0.6 is 15.9 Å². The van der Waals surface area contributed by atoms with Gasteiger partial charge in [-0.3, -0.25) is 14.8 Å². The first-order valence-electron chi connectivity index (χ1n) is 6.79. The van der Waals surface area contributed by atoms with Crippen LogP contribution in [0.15, 0.2) is 30.6 Å². The highest BCUT2D eigenvalue weighted by molar-refractivity contribution is 9.09. The first-order valence-corrected chi connectivity index (χ1v) is 7.71. The molecule has 0 aliphatic carbocycles. The molecule has 0 saturated carbocycles. The van der Waals surface area contributed by atoms with E-state index >= 15 is 0 Å². The zero-order valence-corrected chi connectivity index (χ0v) is 12.9. The molecule has 3 rings (SSSR count).